The maximum atomic E-state index is 4.27. The van der Waals surface area contributed by atoms with E-state index < -0.39 is 0 Å². The van der Waals surface area contributed by atoms with E-state index in [1.807, 2.05) is 12.3 Å². The van der Waals surface area contributed by atoms with Gasteiger partial charge in [0.1, 0.15) is 0 Å². The van der Waals surface area contributed by atoms with Crippen molar-refractivity contribution in [3.63, 3.8) is 0 Å². The first-order valence-corrected chi connectivity index (χ1v) is 5.26. The Morgan fingerprint density at radius 1 is 1.31 bits per heavy atom. The molecule has 0 N–H and O–H groups in total. The fourth-order valence-electron chi connectivity index (χ4n) is 2.35. The van der Waals surface area contributed by atoms with E-state index in [2.05, 4.69) is 22.9 Å². The van der Waals surface area contributed by atoms with Gasteiger partial charge in [-0.25, -0.2) is 0 Å². The molecule has 1 aliphatic rings. The van der Waals surface area contributed by atoms with Crippen molar-refractivity contribution in [1.29, 1.82) is 0 Å². The molecular weight excluding hydrogens is 160 g/mol. The molecule has 0 unspecified atom stereocenters. The number of hydrogen-bond acceptors (Lipinski definition) is 1. The van der Waals surface area contributed by atoms with Crippen LogP contribution in [0.3, 0.4) is 0 Å². The quantitative estimate of drug-likeness (QED) is 0.681. The highest BCUT2D eigenvalue weighted by atomic mass is 15.3. The molecule has 0 bridgehead atoms. The van der Waals surface area contributed by atoms with Gasteiger partial charge in [-0.15, -0.1) is 0 Å². The zero-order valence-corrected chi connectivity index (χ0v) is 8.37. The number of aromatic nitrogens is 2. The molecule has 1 aliphatic carbocycles. The molecule has 1 aromatic heterocycles. The van der Waals surface area contributed by atoms with E-state index in [9.17, 15) is 0 Å². The third kappa shape index (κ3) is 2.11. The molecule has 1 saturated carbocycles. The maximum Gasteiger partial charge on any atom is 0.0489 e. The van der Waals surface area contributed by atoms with Gasteiger partial charge in [0.2, 0.25) is 0 Å². The topological polar surface area (TPSA) is 17.8 Å². The second kappa shape index (κ2) is 3.52. The second-order valence-electron chi connectivity index (χ2n) is 4.57. The molecule has 0 spiro atoms. The standard InChI is InChI=1S/C11H18N2/c1-11(6-3-2-4-7-11)10-13-9-5-8-12-13/h5,8-9H,2-4,6-7,10H2,1H3. The van der Waals surface area contributed by atoms with Crippen LogP contribution < -0.4 is 0 Å². The Labute approximate surface area is 80.0 Å². The Morgan fingerprint density at radius 3 is 2.69 bits per heavy atom. The highest BCUT2D eigenvalue weighted by molar-refractivity contribution is 4.83. The monoisotopic (exact) mass is 178 g/mol. The highest BCUT2D eigenvalue weighted by Crippen LogP contribution is 2.36. The fraction of sp³-hybridized carbons (Fsp3) is 0.727. The van der Waals surface area contributed by atoms with E-state index in [-0.39, 0.29) is 0 Å². The second-order valence-corrected chi connectivity index (χ2v) is 4.57. The van der Waals surface area contributed by atoms with E-state index in [4.69, 9.17) is 0 Å². The number of nitrogens with zero attached hydrogens (tertiary/aromatic N) is 2. The SMILES string of the molecule is CC1(Cn2cccn2)CCCCC1. The lowest BCUT2D eigenvalue weighted by Gasteiger charge is -2.33. The van der Waals surface area contributed by atoms with Gasteiger partial charge in [-0.3, -0.25) is 4.68 Å². The van der Waals surface area contributed by atoms with E-state index in [1.165, 1.54) is 32.1 Å². The average Bonchev–Trinajstić information content (AvgIpc) is 2.57. The number of hydrogen-bond donors (Lipinski definition) is 0. The van der Waals surface area contributed by atoms with Gasteiger partial charge in [0.25, 0.3) is 0 Å². The summed E-state index contributed by atoms with van der Waals surface area (Å²) in [5.74, 6) is 0. The summed E-state index contributed by atoms with van der Waals surface area (Å²) in [5.41, 5.74) is 0.504. The summed E-state index contributed by atoms with van der Waals surface area (Å²) in [7, 11) is 0. The molecule has 0 atom stereocenters. The van der Waals surface area contributed by atoms with Crippen LogP contribution in [0.2, 0.25) is 0 Å². The van der Waals surface area contributed by atoms with Gasteiger partial charge >= 0.3 is 0 Å². The fourth-order valence-corrected chi connectivity index (χ4v) is 2.35. The van der Waals surface area contributed by atoms with Crippen LogP contribution in [-0.4, -0.2) is 9.78 Å². The average molecular weight is 178 g/mol. The predicted octanol–water partition coefficient (Wildman–Crippen LogP) is 2.85. The zero-order chi connectivity index (χ0) is 9.15. The summed E-state index contributed by atoms with van der Waals surface area (Å²) < 4.78 is 2.07. The molecule has 72 valence electrons. The largest absolute Gasteiger partial charge is 0.272 e. The highest BCUT2D eigenvalue weighted by Gasteiger charge is 2.27. The van der Waals surface area contributed by atoms with E-state index >= 15 is 0 Å². The Kier molecular flexibility index (Phi) is 2.38. The van der Waals surface area contributed by atoms with Gasteiger partial charge < -0.3 is 0 Å². The normalized spacial score (nSPS) is 21.6. The summed E-state index contributed by atoms with van der Waals surface area (Å²) in [6.45, 7) is 3.49. The maximum absolute atomic E-state index is 4.27. The van der Waals surface area contributed by atoms with E-state index in [0.717, 1.165) is 6.54 Å². The van der Waals surface area contributed by atoms with Gasteiger partial charge in [0.15, 0.2) is 0 Å². The van der Waals surface area contributed by atoms with Crippen LogP contribution in [-0.2, 0) is 6.54 Å². The minimum Gasteiger partial charge on any atom is -0.272 e. The molecule has 0 amide bonds. The zero-order valence-electron chi connectivity index (χ0n) is 8.37. The lowest BCUT2D eigenvalue weighted by atomic mass is 9.76. The van der Waals surface area contributed by atoms with Gasteiger partial charge in [-0.05, 0) is 24.3 Å². The Balaban J connectivity index is 1.99. The van der Waals surface area contributed by atoms with Crippen LogP contribution in [0.25, 0.3) is 0 Å². The minimum atomic E-state index is 0.504. The van der Waals surface area contributed by atoms with Gasteiger partial charge in [-0.1, -0.05) is 26.2 Å². The van der Waals surface area contributed by atoms with Crippen LogP contribution in [0.15, 0.2) is 18.5 Å². The van der Waals surface area contributed by atoms with Crippen molar-refractivity contribution < 1.29 is 0 Å². The first kappa shape index (κ1) is 8.79. The molecular formula is C11H18N2. The molecule has 0 saturated heterocycles. The molecule has 2 rings (SSSR count). The van der Waals surface area contributed by atoms with Crippen LogP contribution in [0.4, 0.5) is 0 Å². The lowest BCUT2D eigenvalue weighted by molar-refractivity contribution is 0.176. The molecule has 1 heterocycles. The Hall–Kier alpha value is -0.790. The predicted molar refractivity (Wildman–Crippen MR) is 53.4 cm³/mol. The van der Waals surface area contributed by atoms with Crippen molar-refractivity contribution in [2.24, 2.45) is 5.41 Å². The van der Waals surface area contributed by atoms with Crippen molar-refractivity contribution >= 4 is 0 Å². The van der Waals surface area contributed by atoms with Crippen LogP contribution in [0, 0.1) is 5.41 Å². The van der Waals surface area contributed by atoms with Gasteiger partial charge in [-0.2, -0.15) is 5.10 Å². The minimum absolute atomic E-state index is 0.504. The number of rotatable bonds is 2. The van der Waals surface area contributed by atoms with E-state index in [1.54, 1.807) is 0 Å². The third-order valence-corrected chi connectivity index (χ3v) is 3.16. The molecule has 13 heavy (non-hydrogen) atoms. The molecule has 1 fully saturated rings. The molecule has 2 heteroatoms. The third-order valence-electron chi connectivity index (χ3n) is 3.16. The first-order chi connectivity index (χ1) is 6.29. The molecule has 2 nitrogen and oxygen atoms in total. The summed E-state index contributed by atoms with van der Waals surface area (Å²) in [4.78, 5) is 0. The van der Waals surface area contributed by atoms with Crippen LogP contribution in [0.1, 0.15) is 39.0 Å². The van der Waals surface area contributed by atoms with Crippen molar-refractivity contribution in [1.82, 2.24) is 9.78 Å². The smallest absolute Gasteiger partial charge is 0.0489 e. The van der Waals surface area contributed by atoms with Crippen LogP contribution >= 0.6 is 0 Å². The lowest BCUT2D eigenvalue weighted by Crippen LogP contribution is -2.26. The first-order valence-electron chi connectivity index (χ1n) is 5.26. The summed E-state index contributed by atoms with van der Waals surface area (Å²) in [6.07, 6.45) is 10.9. The molecule has 0 aromatic carbocycles. The van der Waals surface area contributed by atoms with Crippen molar-refractivity contribution in [3.05, 3.63) is 18.5 Å². The van der Waals surface area contributed by atoms with Gasteiger partial charge in [0.05, 0.1) is 0 Å². The summed E-state index contributed by atoms with van der Waals surface area (Å²) in [5, 5.41) is 4.27. The van der Waals surface area contributed by atoms with E-state index in [0.29, 0.717) is 5.41 Å². The van der Waals surface area contributed by atoms with Crippen molar-refractivity contribution in [2.45, 2.75) is 45.6 Å². The van der Waals surface area contributed by atoms with Crippen LogP contribution in [0.5, 0.6) is 0 Å². The molecule has 0 aliphatic heterocycles. The van der Waals surface area contributed by atoms with Gasteiger partial charge in [0, 0.05) is 18.9 Å². The summed E-state index contributed by atoms with van der Waals surface area (Å²) in [6, 6.07) is 2.01. The summed E-state index contributed by atoms with van der Waals surface area (Å²) >= 11 is 0. The molecule has 0 radical (unpaired) electrons. The van der Waals surface area contributed by atoms with Crippen molar-refractivity contribution in [3.8, 4) is 0 Å². The Bertz CT molecular complexity index is 245. The molecule has 1 aromatic rings. The Morgan fingerprint density at radius 2 is 2.08 bits per heavy atom. The van der Waals surface area contributed by atoms with Crippen molar-refractivity contribution in [2.75, 3.05) is 0 Å².